The van der Waals surface area contributed by atoms with Crippen LogP contribution in [0.15, 0.2) is 24.3 Å². The van der Waals surface area contributed by atoms with E-state index in [9.17, 15) is 23.3 Å². The fraction of sp³-hybridized carbons (Fsp3) is 0.562. The summed E-state index contributed by atoms with van der Waals surface area (Å²) in [5.41, 5.74) is -0.214. The molecule has 9 heteroatoms. The second kappa shape index (κ2) is 7.81. The SMILES string of the molecule is CC[C@@H](C)N(C(=O)COc1ccccc1[N+](=O)[O-])[C@@H]1CCS(=O)(=O)C1. The smallest absolute Gasteiger partial charge is 0.310 e. The number of hydrogen-bond donors (Lipinski definition) is 0. The first kappa shape index (κ1) is 19.2. The van der Waals surface area contributed by atoms with Crippen LogP contribution in [-0.4, -0.2) is 54.3 Å². The van der Waals surface area contributed by atoms with Gasteiger partial charge < -0.3 is 9.64 Å². The molecule has 1 heterocycles. The summed E-state index contributed by atoms with van der Waals surface area (Å²) in [6.07, 6.45) is 1.08. The standard InChI is InChI=1S/C16H22N2O6S/c1-3-12(2)17(13-8-9-25(22,23)11-13)16(19)10-24-15-7-5-4-6-14(15)18(20)21/h4-7,12-13H,3,8-11H2,1-2H3/t12-,13-/m1/s1. The van der Waals surface area contributed by atoms with E-state index in [1.807, 2.05) is 13.8 Å². The van der Waals surface area contributed by atoms with Crippen molar-refractivity contribution in [1.82, 2.24) is 4.90 Å². The Hall–Kier alpha value is -2.16. The van der Waals surface area contributed by atoms with Crippen LogP contribution in [0, 0.1) is 10.1 Å². The third-order valence-corrected chi connectivity index (χ3v) is 6.12. The van der Waals surface area contributed by atoms with E-state index in [1.165, 1.54) is 18.2 Å². The summed E-state index contributed by atoms with van der Waals surface area (Å²) in [6, 6.07) is 5.32. The lowest BCUT2D eigenvalue weighted by atomic mass is 10.1. The molecule has 1 saturated heterocycles. The zero-order valence-electron chi connectivity index (χ0n) is 14.3. The molecular formula is C16H22N2O6S. The summed E-state index contributed by atoms with van der Waals surface area (Å²) in [5.74, 6) is -0.323. The number of rotatable bonds is 7. The van der Waals surface area contributed by atoms with Crippen LogP contribution in [0.4, 0.5) is 5.69 Å². The number of nitro groups is 1. The first-order valence-corrected chi connectivity index (χ1v) is 9.95. The van der Waals surface area contributed by atoms with E-state index in [0.29, 0.717) is 12.8 Å². The molecule has 1 amide bonds. The van der Waals surface area contributed by atoms with Crippen molar-refractivity contribution in [2.24, 2.45) is 0 Å². The maximum Gasteiger partial charge on any atom is 0.310 e. The van der Waals surface area contributed by atoms with Crippen molar-refractivity contribution in [1.29, 1.82) is 0 Å². The van der Waals surface area contributed by atoms with Crippen LogP contribution in [0.25, 0.3) is 0 Å². The van der Waals surface area contributed by atoms with Crippen LogP contribution in [0.5, 0.6) is 5.75 Å². The Balaban J connectivity index is 2.12. The Morgan fingerprint density at radius 2 is 2.12 bits per heavy atom. The van der Waals surface area contributed by atoms with Gasteiger partial charge in [-0.15, -0.1) is 0 Å². The highest BCUT2D eigenvalue weighted by Crippen LogP contribution is 2.26. The van der Waals surface area contributed by atoms with Gasteiger partial charge in [0.1, 0.15) is 0 Å². The predicted molar refractivity (Wildman–Crippen MR) is 92.2 cm³/mol. The molecule has 0 aliphatic carbocycles. The average Bonchev–Trinajstić information content (AvgIpc) is 2.92. The number of carbonyl (C=O) groups excluding carboxylic acids is 1. The summed E-state index contributed by atoms with van der Waals surface area (Å²) < 4.78 is 28.8. The Kier molecular flexibility index (Phi) is 5.99. The maximum absolute atomic E-state index is 12.6. The summed E-state index contributed by atoms with van der Waals surface area (Å²) in [4.78, 5) is 24.6. The molecule has 1 fully saturated rings. The van der Waals surface area contributed by atoms with E-state index in [2.05, 4.69) is 0 Å². The van der Waals surface area contributed by atoms with E-state index in [0.717, 1.165) is 0 Å². The molecule has 0 radical (unpaired) electrons. The molecule has 1 aromatic rings. The zero-order chi connectivity index (χ0) is 18.6. The van der Waals surface area contributed by atoms with Gasteiger partial charge in [-0.05, 0) is 25.8 Å². The Bertz CT molecular complexity index is 749. The number of hydrogen-bond acceptors (Lipinski definition) is 6. The Morgan fingerprint density at radius 1 is 1.44 bits per heavy atom. The van der Waals surface area contributed by atoms with Gasteiger partial charge in [-0.3, -0.25) is 14.9 Å². The van der Waals surface area contributed by atoms with Gasteiger partial charge in [-0.25, -0.2) is 8.42 Å². The van der Waals surface area contributed by atoms with Crippen LogP contribution in [0.2, 0.25) is 0 Å². The maximum atomic E-state index is 12.6. The summed E-state index contributed by atoms with van der Waals surface area (Å²) in [7, 11) is -3.12. The largest absolute Gasteiger partial charge is 0.477 e. The lowest BCUT2D eigenvalue weighted by Gasteiger charge is -2.33. The second-order valence-corrected chi connectivity index (χ2v) is 8.36. The molecule has 2 atom stereocenters. The molecular weight excluding hydrogens is 348 g/mol. The topological polar surface area (TPSA) is 107 Å². The van der Waals surface area contributed by atoms with Crippen molar-refractivity contribution in [2.75, 3.05) is 18.1 Å². The predicted octanol–water partition coefficient (Wildman–Crippen LogP) is 1.79. The highest BCUT2D eigenvalue weighted by Gasteiger charge is 2.36. The minimum atomic E-state index is -3.12. The van der Waals surface area contributed by atoms with Gasteiger partial charge in [0, 0.05) is 18.2 Å². The van der Waals surface area contributed by atoms with E-state index in [4.69, 9.17) is 4.74 Å². The molecule has 8 nitrogen and oxygen atoms in total. The molecule has 0 bridgehead atoms. The number of sulfone groups is 1. The molecule has 25 heavy (non-hydrogen) atoms. The van der Waals surface area contributed by atoms with E-state index >= 15 is 0 Å². The highest BCUT2D eigenvalue weighted by atomic mass is 32.2. The van der Waals surface area contributed by atoms with Gasteiger partial charge in [0.05, 0.1) is 16.4 Å². The second-order valence-electron chi connectivity index (χ2n) is 6.13. The van der Waals surface area contributed by atoms with Crippen molar-refractivity contribution >= 4 is 21.4 Å². The van der Waals surface area contributed by atoms with Gasteiger partial charge in [-0.1, -0.05) is 19.1 Å². The van der Waals surface area contributed by atoms with Gasteiger partial charge >= 0.3 is 5.69 Å². The zero-order valence-corrected chi connectivity index (χ0v) is 15.1. The fourth-order valence-corrected chi connectivity index (χ4v) is 4.66. The molecule has 1 aliphatic rings. The van der Waals surface area contributed by atoms with Crippen molar-refractivity contribution in [3.8, 4) is 5.75 Å². The third kappa shape index (κ3) is 4.68. The molecule has 0 aromatic heterocycles. The fourth-order valence-electron chi connectivity index (χ4n) is 2.94. The van der Waals surface area contributed by atoms with Crippen LogP contribution in [0.1, 0.15) is 26.7 Å². The highest BCUT2D eigenvalue weighted by molar-refractivity contribution is 7.91. The molecule has 138 valence electrons. The molecule has 0 unspecified atom stereocenters. The number of para-hydroxylation sites is 2. The van der Waals surface area contributed by atoms with Gasteiger partial charge in [0.15, 0.2) is 22.2 Å². The monoisotopic (exact) mass is 370 g/mol. The normalized spacial score (nSPS) is 20.0. The molecule has 0 spiro atoms. The minimum absolute atomic E-state index is 0.0176. The molecule has 1 aromatic carbocycles. The number of nitro benzene ring substituents is 1. The minimum Gasteiger partial charge on any atom is -0.477 e. The van der Waals surface area contributed by atoms with Gasteiger partial charge in [-0.2, -0.15) is 0 Å². The van der Waals surface area contributed by atoms with Gasteiger partial charge in [0.2, 0.25) is 0 Å². The van der Waals surface area contributed by atoms with Gasteiger partial charge in [0.25, 0.3) is 5.91 Å². The summed E-state index contributed by atoms with van der Waals surface area (Å²) in [5, 5.41) is 11.0. The van der Waals surface area contributed by atoms with Crippen LogP contribution in [-0.2, 0) is 14.6 Å². The van der Waals surface area contributed by atoms with Crippen molar-refractivity contribution in [2.45, 2.75) is 38.8 Å². The Morgan fingerprint density at radius 3 is 2.68 bits per heavy atom. The number of amides is 1. The van der Waals surface area contributed by atoms with Crippen molar-refractivity contribution < 1.29 is 22.9 Å². The lowest BCUT2D eigenvalue weighted by Crippen LogP contribution is -2.48. The lowest BCUT2D eigenvalue weighted by molar-refractivity contribution is -0.385. The number of ether oxygens (including phenoxy) is 1. The molecule has 1 aliphatic heterocycles. The average molecular weight is 370 g/mol. The Labute approximate surface area is 146 Å². The van der Waals surface area contributed by atoms with Crippen LogP contribution < -0.4 is 4.74 Å². The number of nitrogens with zero attached hydrogens (tertiary/aromatic N) is 2. The van der Waals surface area contributed by atoms with Crippen LogP contribution >= 0.6 is 0 Å². The molecule has 0 N–H and O–H groups in total. The first-order valence-electron chi connectivity index (χ1n) is 8.13. The summed E-state index contributed by atoms with van der Waals surface area (Å²) >= 11 is 0. The molecule has 0 saturated carbocycles. The van der Waals surface area contributed by atoms with E-state index < -0.39 is 14.8 Å². The van der Waals surface area contributed by atoms with E-state index in [-0.39, 0.29) is 47.5 Å². The molecule has 2 rings (SSSR count). The summed E-state index contributed by atoms with van der Waals surface area (Å²) in [6.45, 7) is 3.40. The van der Waals surface area contributed by atoms with Crippen LogP contribution in [0.3, 0.4) is 0 Å². The number of carbonyl (C=O) groups is 1. The van der Waals surface area contributed by atoms with E-state index in [1.54, 1.807) is 11.0 Å². The quantitative estimate of drug-likeness (QED) is 0.535. The van der Waals surface area contributed by atoms with Crippen molar-refractivity contribution in [3.63, 3.8) is 0 Å². The van der Waals surface area contributed by atoms with Crippen molar-refractivity contribution in [3.05, 3.63) is 34.4 Å². The first-order chi connectivity index (χ1) is 11.7. The third-order valence-electron chi connectivity index (χ3n) is 4.37. The number of benzene rings is 1.